The van der Waals surface area contributed by atoms with Crippen LogP contribution in [0.4, 0.5) is 0 Å². The average Bonchev–Trinajstić information content (AvgIpc) is 2.34. The Bertz CT molecular complexity index is 592. The third-order valence-corrected chi connectivity index (χ3v) is 4.36. The zero-order valence-corrected chi connectivity index (χ0v) is 12.6. The Labute approximate surface area is 119 Å². The van der Waals surface area contributed by atoms with Gasteiger partial charge < -0.3 is 4.42 Å². The van der Waals surface area contributed by atoms with E-state index in [1.54, 1.807) is 11.8 Å². The van der Waals surface area contributed by atoms with E-state index in [4.69, 9.17) is 4.42 Å². The van der Waals surface area contributed by atoms with E-state index >= 15 is 0 Å². The fourth-order valence-corrected chi connectivity index (χ4v) is 3.12. The number of hydrogen-bond donors (Lipinski definition) is 0. The summed E-state index contributed by atoms with van der Waals surface area (Å²) in [6.07, 6.45) is 2.38. The van der Waals surface area contributed by atoms with Crippen LogP contribution >= 0.6 is 27.7 Å². The molecule has 4 heteroatoms. The smallest absolute Gasteiger partial charge is 0.336 e. The molecule has 2 nitrogen and oxygen atoms in total. The van der Waals surface area contributed by atoms with Crippen LogP contribution in [0.5, 0.6) is 0 Å². The molecule has 2 rings (SSSR count). The summed E-state index contributed by atoms with van der Waals surface area (Å²) in [4.78, 5) is 12.5. The van der Waals surface area contributed by atoms with Crippen LogP contribution in [0.15, 0.2) is 38.4 Å². The second kappa shape index (κ2) is 6.43. The van der Waals surface area contributed by atoms with Crippen molar-refractivity contribution in [1.82, 2.24) is 0 Å². The first-order chi connectivity index (χ1) is 8.70. The topological polar surface area (TPSA) is 30.2 Å². The van der Waals surface area contributed by atoms with Gasteiger partial charge in [-0.1, -0.05) is 15.9 Å². The number of benzene rings is 1. The maximum atomic E-state index is 11.3. The zero-order chi connectivity index (χ0) is 13.0. The molecule has 0 saturated carbocycles. The number of halogens is 1. The minimum absolute atomic E-state index is 0.276. The monoisotopic (exact) mass is 326 g/mol. The number of hydrogen-bond acceptors (Lipinski definition) is 3. The van der Waals surface area contributed by atoms with Gasteiger partial charge in [0.1, 0.15) is 5.58 Å². The quantitative estimate of drug-likeness (QED) is 0.354. The Kier molecular flexibility index (Phi) is 4.89. The highest BCUT2D eigenvalue weighted by molar-refractivity contribution is 9.09. The SMILES string of the molecule is Cc1cc(=O)oc2cc(SCCCCBr)ccc12. The molecule has 0 unspecified atom stereocenters. The van der Waals surface area contributed by atoms with Crippen molar-refractivity contribution < 1.29 is 4.42 Å². The van der Waals surface area contributed by atoms with Crippen molar-refractivity contribution in [3.05, 3.63) is 40.2 Å². The van der Waals surface area contributed by atoms with Gasteiger partial charge in [-0.05, 0) is 49.3 Å². The summed E-state index contributed by atoms with van der Waals surface area (Å²) in [5.41, 5.74) is 1.38. The standard InChI is InChI=1S/C14H15BrO2S/c1-10-8-14(16)17-13-9-11(4-5-12(10)13)18-7-3-2-6-15/h4-5,8-9H,2-3,6-7H2,1H3. The molecule has 0 spiro atoms. The number of unbranched alkanes of at least 4 members (excludes halogenated alkanes) is 1. The van der Waals surface area contributed by atoms with Gasteiger partial charge in [0, 0.05) is 21.7 Å². The Balaban J connectivity index is 2.19. The van der Waals surface area contributed by atoms with Crippen LogP contribution in [0.3, 0.4) is 0 Å². The largest absolute Gasteiger partial charge is 0.423 e. The third-order valence-electron chi connectivity index (χ3n) is 2.72. The molecule has 1 aromatic carbocycles. The van der Waals surface area contributed by atoms with E-state index in [1.165, 1.54) is 18.9 Å². The summed E-state index contributed by atoms with van der Waals surface area (Å²) in [5, 5.41) is 2.07. The normalized spacial score (nSPS) is 11.0. The maximum Gasteiger partial charge on any atom is 0.336 e. The van der Waals surface area contributed by atoms with E-state index < -0.39 is 0 Å². The van der Waals surface area contributed by atoms with Crippen LogP contribution in [0, 0.1) is 6.92 Å². The summed E-state index contributed by atoms with van der Waals surface area (Å²) in [6, 6.07) is 7.61. The first kappa shape index (κ1) is 13.7. The molecule has 96 valence electrons. The van der Waals surface area contributed by atoms with Crippen molar-refractivity contribution in [3.8, 4) is 0 Å². The predicted octanol–water partition coefficient (Wildman–Crippen LogP) is 4.37. The fourth-order valence-electron chi connectivity index (χ4n) is 1.78. The minimum Gasteiger partial charge on any atom is -0.423 e. The van der Waals surface area contributed by atoms with Crippen molar-refractivity contribution in [2.45, 2.75) is 24.7 Å². The van der Waals surface area contributed by atoms with Gasteiger partial charge in [-0.3, -0.25) is 0 Å². The summed E-state index contributed by atoms with van der Waals surface area (Å²) in [6.45, 7) is 1.93. The van der Waals surface area contributed by atoms with Crippen LogP contribution < -0.4 is 5.63 Å². The van der Waals surface area contributed by atoms with Gasteiger partial charge >= 0.3 is 5.63 Å². The first-order valence-electron chi connectivity index (χ1n) is 5.94. The molecule has 1 aromatic heterocycles. The second-order valence-corrected chi connectivity index (χ2v) is 6.11. The summed E-state index contributed by atoms with van der Waals surface area (Å²) < 4.78 is 5.23. The molecule has 0 bridgehead atoms. The van der Waals surface area contributed by atoms with Gasteiger partial charge in [0.15, 0.2) is 0 Å². The van der Waals surface area contributed by atoms with E-state index in [1.807, 2.05) is 19.1 Å². The van der Waals surface area contributed by atoms with Gasteiger partial charge in [0.05, 0.1) is 0 Å². The number of aryl methyl sites for hydroxylation is 1. The van der Waals surface area contributed by atoms with E-state index in [9.17, 15) is 4.79 Å². The molecule has 2 aromatic rings. The average molecular weight is 327 g/mol. The maximum absolute atomic E-state index is 11.3. The van der Waals surface area contributed by atoms with Gasteiger partial charge in [-0.15, -0.1) is 11.8 Å². The van der Waals surface area contributed by atoms with Crippen LogP contribution in [-0.2, 0) is 0 Å². The molecule has 0 amide bonds. The lowest BCUT2D eigenvalue weighted by atomic mass is 10.1. The molecular weight excluding hydrogens is 312 g/mol. The lowest BCUT2D eigenvalue weighted by molar-refractivity contribution is 0.559. The molecule has 0 aliphatic rings. The molecule has 0 N–H and O–H groups in total. The fraction of sp³-hybridized carbons (Fsp3) is 0.357. The zero-order valence-electron chi connectivity index (χ0n) is 10.2. The lowest BCUT2D eigenvalue weighted by Gasteiger charge is -2.04. The Morgan fingerprint density at radius 3 is 2.89 bits per heavy atom. The highest BCUT2D eigenvalue weighted by Crippen LogP contribution is 2.25. The predicted molar refractivity (Wildman–Crippen MR) is 81.0 cm³/mol. The van der Waals surface area contributed by atoms with E-state index in [-0.39, 0.29) is 5.63 Å². The van der Waals surface area contributed by atoms with Crippen molar-refractivity contribution in [2.24, 2.45) is 0 Å². The molecule has 0 aliphatic carbocycles. The Hall–Kier alpha value is -0.740. The first-order valence-corrected chi connectivity index (χ1v) is 8.04. The van der Waals surface area contributed by atoms with Crippen molar-refractivity contribution in [3.63, 3.8) is 0 Å². The van der Waals surface area contributed by atoms with Crippen LogP contribution in [-0.4, -0.2) is 11.1 Å². The molecule has 18 heavy (non-hydrogen) atoms. The lowest BCUT2D eigenvalue weighted by Crippen LogP contribution is -1.97. The highest BCUT2D eigenvalue weighted by atomic mass is 79.9. The van der Waals surface area contributed by atoms with E-state index in [0.29, 0.717) is 5.58 Å². The van der Waals surface area contributed by atoms with Crippen LogP contribution in [0.25, 0.3) is 11.0 Å². The van der Waals surface area contributed by atoms with Crippen molar-refractivity contribution in [1.29, 1.82) is 0 Å². The number of rotatable bonds is 5. The van der Waals surface area contributed by atoms with Gasteiger partial charge in [0.2, 0.25) is 0 Å². The summed E-state index contributed by atoms with van der Waals surface area (Å²) in [7, 11) is 0. The number of thioether (sulfide) groups is 1. The molecule has 0 fully saturated rings. The molecule has 0 radical (unpaired) electrons. The number of fused-ring (bicyclic) bond motifs is 1. The van der Waals surface area contributed by atoms with E-state index in [0.717, 1.165) is 26.9 Å². The third kappa shape index (κ3) is 3.39. The molecule has 0 atom stereocenters. The van der Waals surface area contributed by atoms with E-state index in [2.05, 4.69) is 22.0 Å². The Morgan fingerprint density at radius 1 is 1.28 bits per heavy atom. The molecule has 0 saturated heterocycles. The van der Waals surface area contributed by atoms with Gasteiger partial charge in [-0.2, -0.15) is 0 Å². The number of alkyl halides is 1. The summed E-state index contributed by atoms with van der Waals surface area (Å²) in [5.74, 6) is 1.09. The molecule has 1 heterocycles. The highest BCUT2D eigenvalue weighted by Gasteiger charge is 2.03. The molecule has 0 aliphatic heterocycles. The minimum atomic E-state index is -0.276. The van der Waals surface area contributed by atoms with Crippen molar-refractivity contribution in [2.75, 3.05) is 11.1 Å². The van der Waals surface area contributed by atoms with Crippen molar-refractivity contribution >= 4 is 38.7 Å². The van der Waals surface area contributed by atoms with Crippen LogP contribution in [0.2, 0.25) is 0 Å². The second-order valence-electron chi connectivity index (χ2n) is 4.15. The Morgan fingerprint density at radius 2 is 2.11 bits per heavy atom. The summed E-state index contributed by atoms with van der Waals surface area (Å²) >= 11 is 5.23. The van der Waals surface area contributed by atoms with Gasteiger partial charge in [0.25, 0.3) is 0 Å². The van der Waals surface area contributed by atoms with Crippen LogP contribution in [0.1, 0.15) is 18.4 Å². The molecular formula is C14H15BrO2S. The van der Waals surface area contributed by atoms with Gasteiger partial charge in [-0.25, -0.2) is 4.79 Å².